The Bertz CT molecular complexity index is 752. The normalized spacial score (nSPS) is 10.9. The Labute approximate surface area is 118 Å². The molecule has 102 valence electrons. The summed E-state index contributed by atoms with van der Waals surface area (Å²) in [7, 11) is 0. The second-order valence-corrected chi connectivity index (χ2v) is 5.22. The van der Waals surface area contributed by atoms with E-state index in [9.17, 15) is 4.39 Å². The zero-order valence-corrected chi connectivity index (χ0v) is 11.4. The number of nitrogen functional groups attached to an aromatic ring is 1. The number of rotatable bonds is 3. The summed E-state index contributed by atoms with van der Waals surface area (Å²) in [4.78, 5) is 8.41. The minimum atomic E-state index is -0.254. The Morgan fingerprint density at radius 2 is 2.20 bits per heavy atom. The van der Waals surface area contributed by atoms with Gasteiger partial charge in [0.15, 0.2) is 5.13 Å². The molecule has 0 saturated carbocycles. The van der Waals surface area contributed by atoms with Gasteiger partial charge in [0, 0.05) is 10.9 Å². The fourth-order valence-corrected chi connectivity index (χ4v) is 2.35. The second kappa shape index (κ2) is 5.01. The lowest BCUT2D eigenvalue weighted by atomic mass is 10.1. The van der Waals surface area contributed by atoms with Gasteiger partial charge < -0.3 is 10.3 Å². The molecule has 3 rings (SSSR count). The molecule has 5 nitrogen and oxygen atoms in total. The lowest BCUT2D eigenvalue weighted by Crippen LogP contribution is -1.90. The number of aromatic nitrogens is 3. The van der Waals surface area contributed by atoms with Crippen molar-refractivity contribution < 1.29 is 8.91 Å². The minimum Gasteiger partial charge on any atom is -0.375 e. The van der Waals surface area contributed by atoms with Crippen LogP contribution < -0.4 is 5.73 Å². The summed E-state index contributed by atoms with van der Waals surface area (Å²) in [6.45, 7) is 1.69. The average Bonchev–Trinajstić information content (AvgIpc) is 3.03. The topological polar surface area (TPSA) is 77.8 Å². The molecule has 0 amide bonds. The molecule has 2 N–H and O–H groups in total. The van der Waals surface area contributed by atoms with Crippen LogP contribution in [-0.2, 0) is 6.42 Å². The molecule has 7 heteroatoms. The Hall–Kier alpha value is -2.28. The number of thiazole rings is 1. The van der Waals surface area contributed by atoms with Gasteiger partial charge in [0.1, 0.15) is 5.82 Å². The predicted octanol–water partition coefficient (Wildman–Crippen LogP) is 2.81. The van der Waals surface area contributed by atoms with E-state index >= 15 is 0 Å². The zero-order chi connectivity index (χ0) is 14.1. The lowest BCUT2D eigenvalue weighted by molar-refractivity contribution is 0.385. The molecule has 0 atom stereocenters. The monoisotopic (exact) mass is 290 g/mol. The van der Waals surface area contributed by atoms with Crippen molar-refractivity contribution in [1.29, 1.82) is 0 Å². The van der Waals surface area contributed by atoms with Crippen LogP contribution in [0.25, 0.3) is 11.4 Å². The molecule has 0 aliphatic carbocycles. The number of anilines is 1. The largest absolute Gasteiger partial charge is 0.375 e. The van der Waals surface area contributed by atoms with Crippen LogP contribution in [0.3, 0.4) is 0 Å². The van der Waals surface area contributed by atoms with Gasteiger partial charge in [0.2, 0.25) is 11.7 Å². The highest BCUT2D eigenvalue weighted by atomic mass is 32.1. The van der Waals surface area contributed by atoms with Gasteiger partial charge in [0.25, 0.3) is 0 Å². The summed E-state index contributed by atoms with van der Waals surface area (Å²) in [5.41, 5.74) is 7.62. The van der Waals surface area contributed by atoms with E-state index in [1.807, 2.05) is 5.38 Å². The first kappa shape index (κ1) is 12.7. The standard InChI is InChI=1S/C13H11FN4OS/c1-7-4-8(2-3-10(7)14)12-17-11(19-18-12)5-9-6-20-13(15)16-9/h2-4,6H,5H2,1H3,(H2,15,16). The van der Waals surface area contributed by atoms with Gasteiger partial charge in [-0.15, -0.1) is 11.3 Å². The summed E-state index contributed by atoms with van der Waals surface area (Å²) >= 11 is 1.37. The van der Waals surface area contributed by atoms with E-state index in [0.29, 0.717) is 28.8 Å². The summed E-state index contributed by atoms with van der Waals surface area (Å²) in [6, 6.07) is 4.70. The van der Waals surface area contributed by atoms with E-state index in [1.165, 1.54) is 17.4 Å². The molecule has 20 heavy (non-hydrogen) atoms. The molecule has 0 radical (unpaired) electrons. The first-order chi connectivity index (χ1) is 9.61. The number of benzene rings is 1. The van der Waals surface area contributed by atoms with E-state index in [4.69, 9.17) is 10.3 Å². The molecule has 0 saturated heterocycles. The Balaban J connectivity index is 1.84. The van der Waals surface area contributed by atoms with Crippen molar-refractivity contribution in [2.24, 2.45) is 0 Å². The van der Waals surface area contributed by atoms with Gasteiger partial charge in [-0.2, -0.15) is 4.98 Å². The van der Waals surface area contributed by atoms with Gasteiger partial charge in [-0.25, -0.2) is 9.37 Å². The fraction of sp³-hybridized carbons (Fsp3) is 0.154. The van der Waals surface area contributed by atoms with Crippen LogP contribution in [0.4, 0.5) is 9.52 Å². The van der Waals surface area contributed by atoms with E-state index in [-0.39, 0.29) is 5.82 Å². The van der Waals surface area contributed by atoms with Crippen molar-refractivity contribution in [2.75, 3.05) is 5.73 Å². The van der Waals surface area contributed by atoms with E-state index in [2.05, 4.69) is 15.1 Å². The van der Waals surface area contributed by atoms with Crippen molar-refractivity contribution >= 4 is 16.5 Å². The molecule has 0 fully saturated rings. The van der Waals surface area contributed by atoms with Crippen molar-refractivity contribution in [2.45, 2.75) is 13.3 Å². The maximum Gasteiger partial charge on any atom is 0.233 e. The molecule has 2 heterocycles. The van der Waals surface area contributed by atoms with Crippen LogP contribution in [0.1, 0.15) is 17.1 Å². The molecule has 1 aromatic carbocycles. The van der Waals surface area contributed by atoms with E-state index in [0.717, 1.165) is 11.3 Å². The molecule has 2 aromatic heterocycles. The van der Waals surface area contributed by atoms with Gasteiger partial charge in [-0.3, -0.25) is 0 Å². The Morgan fingerprint density at radius 1 is 1.35 bits per heavy atom. The summed E-state index contributed by atoms with van der Waals surface area (Å²) in [6.07, 6.45) is 0.431. The molecular weight excluding hydrogens is 279 g/mol. The van der Waals surface area contributed by atoms with Crippen LogP contribution in [0.15, 0.2) is 28.1 Å². The molecule has 0 spiro atoms. The van der Waals surface area contributed by atoms with Gasteiger partial charge in [-0.1, -0.05) is 5.16 Å². The maximum absolute atomic E-state index is 13.2. The summed E-state index contributed by atoms with van der Waals surface area (Å²) in [5, 5.41) is 6.25. The van der Waals surface area contributed by atoms with E-state index in [1.54, 1.807) is 19.1 Å². The van der Waals surface area contributed by atoms with Gasteiger partial charge in [0.05, 0.1) is 12.1 Å². The fourth-order valence-electron chi connectivity index (χ4n) is 1.79. The molecule has 0 aliphatic heterocycles. The average molecular weight is 290 g/mol. The highest BCUT2D eigenvalue weighted by Crippen LogP contribution is 2.20. The lowest BCUT2D eigenvalue weighted by Gasteiger charge is -1.97. The number of hydrogen-bond acceptors (Lipinski definition) is 6. The number of nitrogens with zero attached hydrogens (tertiary/aromatic N) is 3. The highest BCUT2D eigenvalue weighted by molar-refractivity contribution is 7.13. The van der Waals surface area contributed by atoms with Crippen molar-refractivity contribution in [3.63, 3.8) is 0 Å². The minimum absolute atomic E-state index is 0.254. The quantitative estimate of drug-likeness (QED) is 0.802. The van der Waals surface area contributed by atoms with Crippen LogP contribution >= 0.6 is 11.3 Å². The van der Waals surface area contributed by atoms with Crippen LogP contribution in [-0.4, -0.2) is 15.1 Å². The number of halogens is 1. The smallest absolute Gasteiger partial charge is 0.233 e. The van der Waals surface area contributed by atoms with Crippen LogP contribution in [0, 0.1) is 12.7 Å². The van der Waals surface area contributed by atoms with Gasteiger partial charge in [-0.05, 0) is 30.7 Å². The first-order valence-corrected chi connectivity index (χ1v) is 6.79. The molecule has 0 aliphatic rings. The maximum atomic E-state index is 13.2. The van der Waals surface area contributed by atoms with Crippen molar-refractivity contribution in [1.82, 2.24) is 15.1 Å². The third-order valence-corrected chi connectivity index (χ3v) is 3.51. The SMILES string of the molecule is Cc1cc(-c2noc(Cc3csc(N)n3)n2)ccc1F. The van der Waals surface area contributed by atoms with Crippen LogP contribution in [0.2, 0.25) is 0 Å². The van der Waals surface area contributed by atoms with Crippen molar-refractivity contribution in [3.8, 4) is 11.4 Å². The molecule has 0 unspecified atom stereocenters. The molecule has 0 bridgehead atoms. The Kier molecular flexibility index (Phi) is 3.19. The van der Waals surface area contributed by atoms with Gasteiger partial charge >= 0.3 is 0 Å². The third-order valence-electron chi connectivity index (χ3n) is 2.79. The van der Waals surface area contributed by atoms with Crippen LogP contribution in [0.5, 0.6) is 0 Å². The highest BCUT2D eigenvalue weighted by Gasteiger charge is 2.11. The predicted molar refractivity (Wildman–Crippen MR) is 73.8 cm³/mol. The van der Waals surface area contributed by atoms with Crippen molar-refractivity contribution in [3.05, 3.63) is 46.5 Å². The van der Waals surface area contributed by atoms with E-state index < -0.39 is 0 Å². The first-order valence-electron chi connectivity index (χ1n) is 5.91. The Morgan fingerprint density at radius 3 is 2.90 bits per heavy atom. The third kappa shape index (κ3) is 2.53. The number of hydrogen-bond donors (Lipinski definition) is 1. The number of nitrogens with two attached hydrogens (primary N) is 1. The molecule has 3 aromatic rings. The second-order valence-electron chi connectivity index (χ2n) is 4.33. The number of aryl methyl sites for hydroxylation is 1. The molecular formula is C13H11FN4OS. The summed E-state index contributed by atoms with van der Waals surface area (Å²) in [5.74, 6) is 0.633. The zero-order valence-electron chi connectivity index (χ0n) is 10.6. The summed E-state index contributed by atoms with van der Waals surface area (Å²) < 4.78 is 18.4.